The molecule has 2 aromatic heterocycles. The summed E-state index contributed by atoms with van der Waals surface area (Å²) >= 11 is 6.11. The van der Waals surface area contributed by atoms with Gasteiger partial charge in [-0.15, -0.1) is 0 Å². The summed E-state index contributed by atoms with van der Waals surface area (Å²) < 4.78 is 2.14. The molecule has 1 N–H and O–H groups in total. The van der Waals surface area contributed by atoms with Crippen LogP contribution in [0.3, 0.4) is 0 Å². The third kappa shape index (κ3) is 1.50. The van der Waals surface area contributed by atoms with E-state index in [0.717, 1.165) is 36.8 Å². The maximum atomic E-state index is 6.11. The quantitative estimate of drug-likeness (QED) is 0.817. The predicted molar refractivity (Wildman–Crippen MR) is 62.2 cm³/mol. The molecule has 0 saturated heterocycles. The Hall–Kier alpha value is -1.39. The Morgan fingerprint density at radius 1 is 1.38 bits per heavy atom. The number of aromatic nitrogens is 3. The van der Waals surface area contributed by atoms with Crippen LogP contribution >= 0.6 is 11.6 Å². The van der Waals surface area contributed by atoms with E-state index in [9.17, 15) is 0 Å². The van der Waals surface area contributed by atoms with Gasteiger partial charge in [0.05, 0.1) is 5.69 Å². The first-order valence-corrected chi connectivity index (χ1v) is 5.61. The lowest BCUT2D eigenvalue weighted by atomic mass is 10.3. The van der Waals surface area contributed by atoms with Gasteiger partial charge in [0.2, 0.25) is 0 Å². The van der Waals surface area contributed by atoms with Gasteiger partial charge in [-0.05, 0) is 12.1 Å². The van der Waals surface area contributed by atoms with E-state index in [1.807, 2.05) is 18.2 Å². The van der Waals surface area contributed by atoms with Crippen molar-refractivity contribution in [2.24, 2.45) is 0 Å². The molecule has 1 aliphatic rings. The Morgan fingerprint density at radius 3 is 3.12 bits per heavy atom. The van der Waals surface area contributed by atoms with Crippen molar-refractivity contribution in [2.75, 3.05) is 6.54 Å². The second kappa shape index (κ2) is 3.88. The lowest BCUT2D eigenvalue weighted by Crippen LogP contribution is -2.28. The molecule has 4 nitrogen and oxygen atoms in total. The van der Waals surface area contributed by atoms with E-state index in [0.29, 0.717) is 5.15 Å². The molecule has 0 bridgehead atoms. The third-order valence-electron chi connectivity index (χ3n) is 2.72. The Bertz CT molecular complexity index is 506. The SMILES string of the molecule is Clc1nc(-c2ccccn2)n2c1CNCC2. The van der Waals surface area contributed by atoms with Crippen LogP contribution in [0.5, 0.6) is 0 Å². The van der Waals surface area contributed by atoms with Gasteiger partial charge in [-0.2, -0.15) is 0 Å². The number of hydrogen-bond donors (Lipinski definition) is 1. The number of nitrogens with one attached hydrogen (secondary N) is 1. The molecule has 0 radical (unpaired) electrons. The largest absolute Gasteiger partial charge is 0.323 e. The standard InChI is InChI=1S/C11H11ClN4/c12-10-9-7-13-5-6-16(9)11(15-10)8-3-1-2-4-14-8/h1-4,13H,5-7H2. The van der Waals surface area contributed by atoms with Gasteiger partial charge in [-0.3, -0.25) is 4.98 Å². The lowest BCUT2D eigenvalue weighted by Gasteiger charge is -2.17. The molecule has 0 saturated carbocycles. The summed E-state index contributed by atoms with van der Waals surface area (Å²) in [5.41, 5.74) is 1.92. The third-order valence-corrected chi connectivity index (χ3v) is 3.02. The van der Waals surface area contributed by atoms with Gasteiger partial charge in [0.1, 0.15) is 5.69 Å². The molecule has 1 aliphatic heterocycles. The first-order valence-electron chi connectivity index (χ1n) is 5.23. The Balaban J connectivity index is 2.15. The fourth-order valence-corrected chi connectivity index (χ4v) is 2.20. The van der Waals surface area contributed by atoms with Gasteiger partial charge < -0.3 is 9.88 Å². The van der Waals surface area contributed by atoms with Crippen molar-refractivity contribution >= 4 is 11.6 Å². The van der Waals surface area contributed by atoms with Gasteiger partial charge in [-0.1, -0.05) is 17.7 Å². The normalized spacial score (nSPS) is 14.8. The summed E-state index contributed by atoms with van der Waals surface area (Å²) in [6.07, 6.45) is 1.77. The Kier molecular flexibility index (Phi) is 2.38. The number of nitrogens with zero attached hydrogens (tertiary/aromatic N) is 3. The molecule has 82 valence electrons. The topological polar surface area (TPSA) is 42.7 Å². The molecule has 0 fully saturated rings. The van der Waals surface area contributed by atoms with Crippen molar-refractivity contribution in [3.8, 4) is 11.5 Å². The predicted octanol–water partition coefficient (Wildman–Crippen LogP) is 1.70. The fourth-order valence-electron chi connectivity index (χ4n) is 1.95. The molecule has 0 spiro atoms. The number of hydrogen-bond acceptors (Lipinski definition) is 3. The number of imidazole rings is 1. The van der Waals surface area contributed by atoms with E-state index in [4.69, 9.17) is 11.6 Å². The molecule has 0 atom stereocenters. The van der Waals surface area contributed by atoms with Crippen molar-refractivity contribution in [1.29, 1.82) is 0 Å². The summed E-state index contributed by atoms with van der Waals surface area (Å²) in [5, 5.41) is 3.86. The molecule has 16 heavy (non-hydrogen) atoms. The van der Waals surface area contributed by atoms with Crippen molar-refractivity contribution in [2.45, 2.75) is 13.1 Å². The van der Waals surface area contributed by atoms with E-state index in [1.165, 1.54) is 0 Å². The van der Waals surface area contributed by atoms with Crippen LogP contribution in [0.4, 0.5) is 0 Å². The molecular weight excluding hydrogens is 224 g/mol. The zero-order valence-corrected chi connectivity index (χ0v) is 9.41. The van der Waals surface area contributed by atoms with Crippen molar-refractivity contribution < 1.29 is 0 Å². The van der Waals surface area contributed by atoms with E-state index in [2.05, 4.69) is 19.9 Å². The van der Waals surface area contributed by atoms with Crippen LogP contribution in [0.15, 0.2) is 24.4 Å². The molecule has 0 unspecified atom stereocenters. The lowest BCUT2D eigenvalue weighted by molar-refractivity contribution is 0.519. The molecule has 3 heterocycles. The molecule has 5 heteroatoms. The summed E-state index contributed by atoms with van der Waals surface area (Å²) in [6.45, 7) is 2.61. The summed E-state index contributed by atoms with van der Waals surface area (Å²) in [4.78, 5) is 8.70. The highest BCUT2D eigenvalue weighted by atomic mass is 35.5. The zero-order valence-electron chi connectivity index (χ0n) is 8.65. The average Bonchev–Trinajstić information content (AvgIpc) is 2.69. The van der Waals surface area contributed by atoms with Gasteiger partial charge in [-0.25, -0.2) is 4.98 Å². The Labute approximate surface area is 98.3 Å². The van der Waals surface area contributed by atoms with Crippen LogP contribution in [0, 0.1) is 0 Å². The second-order valence-corrected chi connectivity index (χ2v) is 4.07. The van der Waals surface area contributed by atoms with Crippen LogP contribution < -0.4 is 5.32 Å². The first-order chi connectivity index (χ1) is 7.86. The minimum absolute atomic E-state index is 0.577. The van der Waals surface area contributed by atoms with E-state index in [-0.39, 0.29) is 0 Å². The highest BCUT2D eigenvalue weighted by Crippen LogP contribution is 2.25. The number of pyridine rings is 1. The molecule has 2 aromatic rings. The second-order valence-electron chi connectivity index (χ2n) is 3.72. The van der Waals surface area contributed by atoms with Crippen LogP contribution in [-0.2, 0) is 13.1 Å². The summed E-state index contributed by atoms with van der Waals surface area (Å²) in [7, 11) is 0. The van der Waals surface area contributed by atoms with Crippen LogP contribution in [0.25, 0.3) is 11.5 Å². The fraction of sp³-hybridized carbons (Fsp3) is 0.273. The van der Waals surface area contributed by atoms with Gasteiger partial charge >= 0.3 is 0 Å². The van der Waals surface area contributed by atoms with Crippen molar-refractivity contribution in [1.82, 2.24) is 19.9 Å². The Morgan fingerprint density at radius 2 is 2.31 bits per heavy atom. The minimum Gasteiger partial charge on any atom is -0.323 e. The molecular formula is C11H11ClN4. The molecule has 0 aromatic carbocycles. The summed E-state index contributed by atoms with van der Waals surface area (Å²) in [6, 6.07) is 5.81. The summed E-state index contributed by atoms with van der Waals surface area (Å²) in [5.74, 6) is 0.863. The molecule has 0 aliphatic carbocycles. The van der Waals surface area contributed by atoms with E-state index in [1.54, 1.807) is 6.20 Å². The molecule has 0 amide bonds. The number of halogens is 1. The maximum Gasteiger partial charge on any atom is 0.160 e. The smallest absolute Gasteiger partial charge is 0.160 e. The maximum absolute atomic E-state index is 6.11. The van der Waals surface area contributed by atoms with E-state index >= 15 is 0 Å². The van der Waals surface area contributed by atoms with Gasteiger partial charge in [0, 0.05) is 25.8 Å². The highest BCUT2D eigenvalue weighted by Gasteiger charge is 2.19. The van der Waals surface area contributed by atoms with Gasteiger partial charge in [0.15, 0.2) is 11.0 Å². The zero-order chi connectivity index (χ0) is 11.0. The van der Waals surface area contributed by atoms with Crippen LogP contribution in [-0.4, -0.2) is 21.1 Å². The van der Waals surface area contributed by atoms with Crippen LogP contribution in [0.2, 0.25) is 5.15 Å². The highest BCUT2D eigenvalue weighted by molar-refractivity contribution is 6.30. The monoisotopic (exact) mass is 234 g/mol. The average molecular weight is 235 g/mol. The van der Waals surface area contributed by atoms with Crippen molar-refractivity contribution in [3.63, 3.8) is 0 Å². The number of fused-ring (bicyclic) bond motifs is 1. The van der Waals surface area contributed by atoms with Crippen molar-refractivity contribution in [3.05, 3.63) is 35.2 Å². The number of rotatable bonds is 1. The minimum atomic E-state index is 0.577. The molecule has 3 rings (SSSR count). The van der Waals surface area contributed by atoms with Gasteiger partial charge in [0.25, 0.3) is 0 Å². The van der Waals surface area contributed by atoms with Crippen LogP contribution in [0.1, 0.15) is 5.69 Å². The first kappa shape index (κ1) is 9.81. The van der Waals surface area contributed by atoms with E-state index < -0.39 is 0 Å².